The summed E-state index contributed by atoms with van der Waals surface area (Å²) in [5, 5.41) is 6.52. The highest BCUT2D eigenvalue weighted by Crippen LogP contribution is 2.27. The molecule has 0 radical (unpaired) electrons. The molecule has 2 N–H and O–H groups in total. The van der Waals surface area contributed by atoms with E-state index in [0.29, 0.717) is 12.5 Å². The predicted octanol–water partition coefficient (Wildman–Crippen LogP) is 1.12. The third kappa shape index (κ3) is 4.58. The minimum Gasteiger partial charge on any atom is -0.354 e. The van der Waals surface area contributed by atoms with Gasteiger partial charge in [0.2, 0.25) is 5.91 Å². The predicted molar refractivity (Wildman–Crippen MR) is 73.5 cm³/mol. The van der Waals surface area contributed by atoms with E-state index in [0.717, 1.165) is 25.7 Å². The van der Waals surface area contributed by atoms with E-state index in [2.05, 4.69) is 15.5 Å². The van der Waals surface area contributed by atoms with Crippen LogP contribution < -0.4 is 10.6 Å². The van der Waals surface area contributed by atoms with Crippen molar-refractivity contribution in [1.29, 1.82) is 0 Å². The zero-order valence-corrected chi connectivity index (χ0v) is 11.7. The lowest BCUT2D eigenvalue weighted by Crippen LogP contribution is -2.41. The maximum absolute atomic E-state index is 11.7. The molecule has 2 aliphatic rings. The highest BCUT2D eigenvalue weighted by molar-refractivity contribution is 5.76. The SMILES string of the molecule is CC(C)NC(=O)CCN(CC1CCCN1)C1CC1. The molecule has 104 valence electrons. The zero-order chi connectivity index (χ0) is 13.0. The average Bonchev–Trinajstić information content (AvgIpc) is 3.02. The first kappa shape index (κ1) is 13.8. The van der Waals surface area contributed by atoms with Gasteiger partial charge >= 0.3 is 0 Å². The van der Waals surface area contributed by atoms with Gasteiger partial charge in [0.25, 0.3) is 0 Å². The number of nitrogens with zero attached hydrogens (tertiary/aromatic N) is 1. The lowest BCUT2D eigenvalue weighted by atomic mass is 10.2. The van der Waals surface area contributed by atoms with E-state index < -0.39 is 0 Å². The van der Waals surface area contributed by atoms with Gasteiger partial charge in [-0.3, -0.25) is 9.69 Å². The summed E-state index contributed by atoms with van der Waals surface area (Å²) in [5.41, 5.74) is 0. The summed E-state index contributed by atoms with van der Waals surface area (Å²) in [4.78, 5) is 14.2. The molecule has 1 aliphatic carbocycles. The Morgan fingerprint density at radius 3 is 2.72 bits per heavy atom. The minimum absolute atomic E-state index is 0.190. The highest BCUT2D eigenvalue weighted by Gasteiger charge is 2.31. The third-order valence-electron chi connectivity index (χ3n) is 3.76. The van der Waals surface area contributed by atoms with Crippen LogP contribution in [0.25, 0.3) is 0 Å². The van der Waals surface area contributed by atoms with Crippen LogP contribution in [0.4, 0.5) is 0 Å². The van der Waals surface area contributed by atoms with E-state index in [1.807, 2.05) is 13.8 Å². The van der Waals surface area contributed by atoms with Gasteiger partial charge < -0.3 is 10.6 Å². The maximum atomic E-state index is 11.7. The first-order chi connectivity index (χ1) is 8.65. The second kappa shape index (κ2) is 6.53. The van der Waals surface area contributed by atoms with Gasteiger partial charge in [0.15, 0.2) is 0 Å². The van der Waals surface area contributed by atoms with Gasteiger partial charge in [-0.15, -0.1) is 0 Å². The number of nitrogens with one attached hydrogen (secondary N) is 2. The van der Waals surface area contributed by atoms with Crippen LogP contribution in [-0.4, -0.2) is 48.6 Å². The molecule has 1 heterocycles. The summed E-state index contributed by atoms with van der Waals surface area (Å²) in [7, 11) is 0. The third-order valence-corrected chi connectivity index (χ3v) is 3.76. The number of hydrogen-bond donors (Lipinski definition) is 2. The van der Waals surface area contributed by atoms with Gasteiger partial charge in [-0.2, -0.15) is 0 Å². The fourth-order valence-electron chi connectivity index (χ4n) is 2.70. The van der Waals surface area contributed by atoms with Crippen molar-refractivity contribution in [2.45, 2.75) is 64.1 Å². The molecule has 2 fully saturated rings. The summed E-state index contributed by atoms with van der Waals surface area (Å²) in [6.45, 7) is 7.23. The van der Waals surface area contributed by atoms with Crippen molar-refractivity contribution >= 4 is 5.91 Å². The number of hydrogen-bond acceptors (Lipinski definition) is 3. The second-order valence-corrected chi connectivity index (χ2v) is 5.99. The van der Waals surface area contributed by atoms with Gasteiger partial charge in [0.1, 0.15) is 0 Å². The quantitative estimate of drug-likeness (QED) is 0.714. The van der Waals surface area contributed by atoms with Crippen molar-refractivity contribution < 1.29 is 4.79 Å². The van der Waals surface area contributed by atoms with E-state index in [-0.39, 0.29) is 11.9 Å². The largest absolute Gasteiger partial charge is 0.354 e. The molecule has 1 atom stereocenters. The molecular weight excluding hydrogens is 226 g/mol. The van der Waals surface area contributed by atoms with Crippen LogP contribution >= 0.6 is 0 Å². The Morgan fingerprint density at radius 2 is 2.17 bits per heavy atom. The van der Waals surface area contributed by atoms with Crippen LogP contribution in [0.15, 0.2) is 0 Å². The van der Waals surface area contributed by atoms with Gasteiger partial charge in [0.05, 0.1) is 0 Å². The van der Waals surface area contributed by atoms with Gasteiger partial charge in [-0.1, -0.05) is 0 Å². The van der Waals surface area contributed by atoms with Crippen molar-refractivity contribution in [2.24, 2.45) is 0 Å². The summed E-state index contributed by atoms with van der Waals surface area (Å²) in [6, 6.07) is 1.65. The fraction of sp³-hybridized carbons (Fsp3) is 0.929. The molecule has 1 saturated heterocycles. The van der Waals surface area contributed by atoms with Crippen LogP contribution in [0.2, 0.25) is 0 Å². The smallest absolute Gasteiger partial charge is 0.221 e. The van der Waals surface area contributed by atoms with E-state index in [1.165, 1.54) is 25.7 Å². The molecular formula is C14H27N3O. The first-order valence-corrected chi connectivity index (χ1v) is 7.42. The molecule has 1 aliphatic heterocycles. The molecule has 1 unspecified atom stereocenters. The van der Waals surface area contributed by atoms with E-state index in [9.17, 15) is 4.79 Å². The first-order valence-electron chi connectivity index (χ1n) is 7.42. The maximum Gasteiger partial charge on any atom is 0.221 e. The lowest BCUT2D eigenvalue weighted by Gasteiger charge is -2.25. The Bertz CT molecular complexity index is 270. The lowest BCUT2D eigenvalue weighted by molar-refractivity contribution is -0.121. The highest BCUT2D eigenvalue weighted by atomic mass is 16.1. The van der Waals surface area contributed by atoms with Crippen LogP contribution in [-0.2, 0) is 4.79 Å². The van der Waals surface area contributed by atoms with Crippen molar-refractivity contribution in [3.63, 3.8) is 0 Å². The molecule has 4 heteroatoms. The van der Waals surface area contributed by atoms with E-state index in [1.54, 1.807) is 0 Å². The summed E-state index contributed by atoms with van der Waals surface area (Å²) in [5.74, 6) is 0.190. The topological polar surface area (TPSA) is 44.4 Å². The van der Waals surface area contributed by atoms with Crippen LogP contribution in [0.5, 0.6) is 0 Å². The van der Waals surface area contributed by atoms with Gasteiger partial charge in [-0.05, 0) is 46.1 Å². The molecule has 18 heavy (non-hydrogen) atoms. The summed E-state index contributed by atoms with van der Waals surface area (Å²) < 4.78 is 0. The summed E-state index contributed by atoms with van der Waals surface area (Å²) in [6.07, 6.45) is 5.87. The number of amides is 1. The molecule has 0 spiro atoms. The molecule has 0 aromatic carbocycles. The van der Waals surface area contributed by atoms with E-state index >= 15 is 0 Å². The molecule has 2 rings (SSSR count). The van der Waals surface area contributed by atoms with Crippen LogP contribution in [0, 0.1) is 0 Å². The molecule has 1 amide bonds. The Balaban J connectivity index is 1.70. The Morgan fingerprint density at radius 1 is 1.39 bits per heavy atom. The Labute approximate surface area is 110 Å². The Kier molecular flexibility index (Phi) is 5.01. The molecule has 0 aromatic heterocycles. The molecule has 0 aromatic rings. The van der Waals surface area contributed by atoms with Crippen molar-refractivity contribution in [1.82, 2.24) is 15.5 Å². The van der Waals surface area contributed by atoms with Crippen LogP contribution in [0.1, 0.15) is 46.0 Å². The molecule has 4 nitrogen and oxygen atoms in total. The van der Waals surface area contributed by atoms with Gasteiger partial charge in [0, 0.05) is 37.6 Å². The van der Waals surface area contributed by atoms with E-state index in [4.69, 9.17) is 0 Å². The zero-order valence-electron chi connectivity index (χ0n) is 11.7. The number of carbonyl (C=O) groups is 1. The van der Waals surface area contributed by atoms with Crippen molar-refractivity contribution in [2.75, 3.05) is 19.6 Å². The standard InChI is InChI=1S/C14H27N3O/c1-11(2)16-14(18)7-9-17(13-5-6-13)10-12-4-3-8-15-12/h11-13,15H,3-10H2,1-2H3,(H,16,18). The minimum atomic E-state index is 0.190. The monoisotopic (exact) mass is 253 g/mol. The number of carbonyl (C=O) groups excluding carboxylic acids is 1. The molecule has 1 saturated carbocycles. The number of rotatable bonds is 7. The van der Waals surface area contributed by atoms with Crippen molar-refractivity contribution in [3.8, 4) is 0 Å². The summed E-state index contributed by atoms with van der Waals surface area (Å²) >= 11 is 0. The average molecular weight is 253 g/mol. The normalized spacial score (nSPS) is 23.9. The molecule has 0 bridgehead atoms. The second-order valence-electron chi connectivity index (χ2n) is 5.99. The van der Waals surface area contributed by atoms with Crippen LogP contribution in [0.3, 0.4) is 0 Å². The fourth-order valence-corrected chi connectivity index (χ4v) is 2.70. The Hall–Kier alpha value is -0.610. The van der Waals surface area contributed by atoms with Gasteiger partial charge in [-0.25, -0.2) is 0 Å². The van der Waals surface area contributed by atoms with Crippen molar-refractivity contribution in [3.05, 3.63) is 0 Å².